The molecule has 1 aliphatic rings. The Kier molecular flexibility index (Phi) is 4.35. The van der Waals surface area contributed by atoms with Crippen molar-refractivity contribution in [3.8, 4) is 6.07 Å². The number of piperidine rings is 1. The molecule has 0 N–H and O–H groups in total. The van der Waals surface area contributed by atoms with E-state index in [0.717, 1.165) is 43.4 Å². The van der Waals surface area contributed by atoms with Crippen LogP contribution in [0.5, 0.6) is 0 Å². The summed E-state index contributed by atoms with van der Waals surface area (Å²) >= 11 is 0. The first-order valence-corrected chi connectivity index (χ1v) is 8.69. The molecule has 0 unspecified atom stereocenters. The molecule has 0 spiro atoms. The molecule has 8 nitrogen and oxygen atoms in total. The number of anilines is 1. The first-order valence-electron chi connectivity index (χ1n) is 8.69. The van der Waals surface area contributed by atoms with Gasteiger partial charge in [0.05, 0.1) is 24.5 Å². The summed E-state index contributed by atoms with van der Waals surface area (Å²) in [6.45, 7) is 2.43. The van der Waals surface area contributed by atoms with E-state index >= 15 is 0 Å². The van der Waals surface area contributed by atoms with Crippen LogP contribution >= 0.6 is 0 Å². The summed E-state index contributed by atoms with van der Waals surface area (Å²) < 4.78 is 4.07. The number of nitriles is 1. The van der Waals surface area contributed by atoms with Crippen LogP contribution in [0.2, 0.25) is 0 Å². The smallest absolute Gasteiger partial charge is 0.152 e. The van der Waals surface area contributed by atoms with E-state index in [9.17, 15) is 0 Å². The normalized spacial score (nSPS) is 17.2. The van der Waals surface area contributed by atoms with Crippen LogP contribution in [0.1, 0.15) is 36.0 Å². The third-order valence-corrected chi connectivity index (χ3v) is 4.87. The average molecular weight is 348 g/mol. The largest absolute Gasteiger partial charge is 0.356 e. The lowest BCUT2D eigenvalue weighted by molar-refractivity contribution is 0.475. The molecule has 0 aliphatic carbocycles. The Morgan fingerprint density at radius 2 is 2.23 bits per heavy atom. The van der Waals surface area contributed by atoms with E-state index in [-0.39, 0.29) is 0 Å². The molecule has 3 aromatic rings. The van der Waals surface area contributed by atoms with Crippen LogP contribution in [-0.2, 0) is 13.6 Å². The van der Waals surface area contributed by atoms with Crippen molar-refractivity contribution in [3.63, 3.8) is 0 Å². The first-order chi connectivity index (χ1) is 12.7. The molecule has 0 aromatic carbocycles. The summed E-state index contributed by atoms with van der Waals surface area (Å²) in [7, 11) is 2.02. The second-order valence-corrected chi connectivity index (χ2v) is 6.57. The molecule has 132 valence electrons. The lowest BCUT2D eigenvalue weighted by Gasteiger charge is -2.33. The highest BCUT2D eigenvalue weighted by Gasteiger charge is 2.26. The second kappa shape index (κ2) is 6.96. The van der Waals surface area contributed by atoms with Crippen molar-refractivity contribution in [2.45, 2.75) is 25.3 Å². The van der Waals surface area contributed by atoms with Gasteiger partial charge in [0.1, 0.15) is 11.6 Å². The monoisotopic (exact) mass is 348 g/mol. The van der Waals surface area contributed by atoms with Gasteiger partial charge in [-0.3, -0.25) is 0 Å². The van der Waals surface area contributed by atoms with E-state index in [4.69, 9.17) is 5.26 Å². The molecule has 26 heavy (non-hydrogen) atoms. The Labute approximate surface area is 151 Å². The van der Waals surface area contributed by atoms with Crippen molar-refractivity contribution in [2.75, 3.05) is 18.0 Å². The van der Waals surface area contributed by atoms with Crippen molar-refractivity contribution in [2.24, 2.45) is 7.05 Å². The fourth-order valence-electron chi connectivity index (χ4n) is 3.47. The highest BCUT2D eigenvalue weighted by atomic mass is 15.3. The van der Waals surface area contributed by atoms with E-state index in [1.165, 1.54) is 0 Å². The zero-order chi connectivity index (χ0) is 17.9. The second-order valence-electron chi connectivity index (χ2n) is 6.57. The maximum absolute atomic E-state index is 9.11. The summed E-state index contributed by atoms with van der Waals surface area (Å²) in [6.07, 6.45) is 9.30. The van der Waals surface area contributed by atoms with E-state index in [0.29, 0.717) is 18.0 Å². The molecule has 0 amide bonds. The van der Waals surface area contributed by atoms with Crippen molar-refractivity contribution in [3.05, 3.63) is 54.3 Å². The van der Waals surface area contributed by atoms with Crippen molar-refractivity contribution in [1.82, 2.24) is 29.3 Å². The molecule has 0 saturated carbocycles. The lowest BCUT2D eigenvalue weighted by Crippen LogP contribution is -2.35. The minimum atomic E-state index is 0.297. The van der Waals surface area contributed by atoms with Crippen LogP contribution in [0.15, 0.2) is 37.1 Å². The Morgan fingerprint density at radius 1 is 1.31 bits per heavy atom. The van der Waals surface area contributed by atoms with E-state index in [1.807, 2.05) is 23.9 Å². The average Bonchev–Trinajstić information content (AvgIpc) is 3.33. The maximum atomic E-state index is 9.11. The minimum absolute atomic E-state index is 0.297. The third-order valence-electron chi connectivity index (χ3n) is 4.87. The van der Waals surface area contributed by atoms with Crippen LogP contribution < -0.4 is 4.90 Å². The van der Waals surface area contributed by atoms with Gasteiger partial charge in [0.25, 0.3) is 0 Å². The number of aromatic nitrogens is 6. The summed E-state index contributed by atoms with van der Waals surface area (Å²) in [5.74, 6) is 3.07. The Morgan fingerprint density at radius 3 is 3.04 bits per heavy atom. The minimum Gasteiger partial charge on any atom is -0.356 e. The molecule has 8 heteroatoms. The SMILES string of the molecule is Cn1c(Cn2ccnc2)nnc1[C@H]1CCCN(c2cc(C#N)ccn2)C1. The molecule has 0 bridgehead atoms. The highest BCUT2D eigenvalue weighted by molar-refractivity contribution is 5.45. The van der Waals surface area contributed by atoms with E-state index in [2.05, 4.69) is 35.7 Å². The number of imidazole rings is 1. The molecule has 4 rings (SSSR count). The standard InChI is InChI=1S/C18H20N8/c1-24-17(12-25-8-6-20-13-25)22-23-18(24)15-3-2-7-26(11-15)16-9-14(10-19)4-5-21-16/h4-6,8-9,13,15H,2-3,7,11-12H2,1H3/t15-/m0/s1. The van der Waals surface area contributed by atoms with Crippen LogP contribution in [0, 0.1) is 11.3 Å². The third kappa shape index (κ3) is 3.16. The predicted molar refractivity (Wildman–Crippen MR) is 95.5 cm³/mol. The number of pyridine rings is 1. The Balaban J connectivity index is 1.53. The molecule has 3 aromatic heterocycles. The summed E-state index contributed by atoms with van der Waals surface area (Å²) in [4.78, 5) is 10.7. The van der Waals surface area contributed by atoms with E-state index < -0.39 is 0 Å². The lowest BCUT2D eigenvalue weighted by atomic mass is 9.97. The Hall–Kier alpha value is -3.21. The van der Waals surface area contributed by atoms with Crippen LogP contribution in [0.3, 0.4) is 0 Å². The summed E-state index contributed by atoms with van der Waals surface area (Å²) in [6, 6.07) is 5.77. The van der Waals surface area contributed by atoms with Crippen molar-refractivity contribution < 1.29 is 0 Å². The number of hydrogen-bond donors (Lipinski definition) is 0. The quantitative estimate of drug-likeness (QED) is 0.713. The molecule has 0 radical (unpaired) electrons. The molecule has 4 heterocycles. The molecule has 1 atom stereocenters. The van der Waals surface area contributed by atoms with Gasteiger partial charge in [-0.25, -0.2) is 9.97 Å². The molecule has 1 aliphatic heterocycles. The summed E-state index contributed by atoms with van der Waals surface area (Å²) in [5.41, 5.74) is 0.637. The number of hydrogen-bond acceptors (Lipinski definition) is 6. The Bertz CT molecular complexity index is 921. The maximum Gasteiger partial charge on any atom is 0.152 e. The van der Waals surface area contributed by atoms with Gasteiger partial charge in [-0.2, -0.15) is 5.26 Å². The van der Waals surface area contributed by atoms with Crippen LogP contribution in [0.4, 0.5) is 5.82 Å². The first kappa shape index (κ1) is 16.3. The van der Waals surface area contributed by atoms with E-state index in [1.54, 1.807) is 24.8 Å². The van der Waals surface area contributed by atoms with Gasteiger partial charge in [0.2, 0.25) is 0 Å². The van der Waals surface area contributed by atoms with Gasteiger partial charge in [0, 0.05) is 44.6 Å². The van der Waals surface area contributed by atoms with Gasteiger partial charge in [-0.15, -0.1) is 10.2 Å². The molecule has 1 fully saturated rings. The van der Waals surface area contributed by atoms with Crippen molar-refractivity contribution in [1.29, 1.82) is 5.26 Å². The van der Waals surface area contributed by atoms with Gasteiger partial charge >= 0.3 is 0 Å². The van der Waals surface area contributed by atoms with Crippen LogP contribution in [0.25, 0.3) is 0 Å². The number of rotatable bonds is 4. The fourth-order valence-corrected chi connectivity index (χ4v) is 3.47. The van der Waals surface area contributed by atoms with Gasteiger partial charge < -0.3 is 14.0 Å². The van der Waals surface area contributed by atoms with Gasteiger partial charge in [-0.1, -0.05) is 0 Å². The fraction of sp³-hybridized carbons (Fsp3) is 0.389. The zero-order valence-corrected chi connectivity index (χ0v) is 14.7. The predicted octanol–water partition coefficient (Wildman–Crippen LogP) is 1.71. The number of nitrogens with zero attached hydrogens (tertiary/aromatic N) is 8. The van der Waals surface area contributed by atoms with Gasteiger partial charge in [0.15, 0.2) is 5.82 Å². The molecular formula is C18H20N8. The van der Waals surface area contributed by atoms with Gasteiger partial charge in [-0.05, 0) is 25.0 Å². The molecule has 1 saturated heterocycles. The van der Waals surface area contributed by atoms with Crippen LogP contribution in [-0.4, -0.2) is 42.4 Å². The highest BCUT2D eigenvalue weighted by Crippen LogP contribution is 2.28. The summed E-state index contributed by atoms with van der Waals surface area (Å²) in [5, 5.41) is 18.0. The molecular weight excluding hydrogens is 328 g/mol. The zero-order valence-electron chi connectivity index (χ0n) is 14.7. The van der Waals surface area contributed by atoms with Crippen molar-refractivity contribution >= 4 is 5.82 Å². The topological polar surface area (TPSA) is 88.5 Å².